The summed E-state index contributed by atoms with van der Waals surface area (Å²) in [5.74, 6) is 0.103. The highest BCUT2D eigenvalue weighted by molar-refractivity contribution is 9.09. The molecule has 1 aromatic carbocycles. The lowest BCUT2D eigenvalue weighted by Crippen LogP contribution is -2.28. The lowest BCUT2D eigenvalue weighted by Gasteiger charge is -2.18. The number of rotatable bonds is 4. The van der Waals surface area contributed by atoms with Gasteiger partial charge in [-0.3, -0.25) is 4.79 Å². The van der Waals surface area contributed by atoms with Crippen LogP contribution in [-0.4, -0.2) is 34.3 Å². The number of hydrogen-bond donors (Lipinski definition) is 1. The number of carbonyl (C=O) groups excluding carboxylic acids is 1. The molecular weight excluding hydrogens is 282 g/mol. The fraction of sp³-hybridized carbons (Fsp3) is 0.462. The largest absolute Gasteiger partial charge is 0.508 e. The van der Waals surface area contributed by atoms with Crippen molar-refractivity contribution >= 4 is 21.8 Å². The van der Waals surface area contributed by atoms with Crippen LogP contribution in [0.1, 0.15) is 29.3 Å². The Morgan fingerprint density at radius 3 is 2.71 bits per heavy atom. The molecule has 0 saturated carbocycles. The zero-order valence-corrected chi connectivity index (χ0v) is 12.0. The SMILES string of the molecule is Cc1ccc(C(=O)N(C)CCC(C)Br)cc1O. The van der Waals surface area contributed by atoms with E-state index in [0.717, 1.165) is 12.0 Å². The Bertz CT molecular complexity index is 404. The lowest BCUT2D eigenvalue weighted by molar-refractivity contribution is 0.0793. The molecule has 1 N–H and O–H groups in total. The van der Waals surface area contributed by atoms with Crippen LogP contribution in [0.5, 0.6) is 5.75 Å². The summed E-state index contributed by atoms with van der Waals surface area (Å²) in [6.45, 7) is 4.55. The molecule has 0 saturated heterocycles. The quantitative estimate of drug-likeness (QED) is 0.869. The summed E-state index contributed by atoms with van der Waals surface area (Å²) in [6.07, 6.45) is 0.903. The van der Waals surface area contributed by atoms with E-state index in [4.69, 9.17) is 0 Å². The Balaban J connectivity index is 2.71. The lowest BCUT2D eigenvalue weighted by atomic mass is 10.1. The van der Waals surface area contributed by atoms with Gasteiger partial charge in [-0.2, -0.15) is 0 Å². The summed E-state index contributed by atoms with van der Waals surface area (Å²) in [5.41, 5.74) is 1.30. The average Bonchev–Trinajstić information content (AvgIpc) is 2.28. The topological polar surface area (TPSA) is 40.5 Å². The Labute approximate surface area is 111 Å². The monoisotopic (exact) mass is 299 g/mol. The molecule has 0 aliphatic carbocycles. The molecule has 0 aliphatic rings. The van der Waals surface area contributed by atoms with Crippen LogP contribution in [0.3, 0.4) is 0 Å². The molecule has 1 atom stereocenters. The van der Waals surface area contributed by atoms with E-state index in [9.17, 15) is 9.90 Å². The van der Waals surface area contributed by atoms with Crippen LogP contribution < -0.4 is 0 Å². The van der Waals surface area contributed by atoms with Gasteiger partial charge in [-0.25, -0.2) is 0 Å². The second-order valence-corrected chi connectivity index (χ2v) is 5.86. The molecule has 0 bridgehead atoms. The van der Waals surface area contributed by atoms with Crippen molar-refractivity contribution in [2.75, 3.05) is 13.6 Å². The molecule has 0 heterocycles. The molecule has 1 unspecified atom stereocenters. The predicted molar refractivity (Wildman–Crippen MR) is 72.8 cm³/mol. The van der Waals surface area contributed by atoms with Gasteiger partial charge in [0, 0.05) is 24.0 Å². The van der Waals surface area contributed by atoms with Gasteiger partial charge in [-0.15, -0.1) is 0 Å². The molecule has 3 nitrogen and oxygen atoms in total. The molecule has 17 heavy (non-hydrogen) atoms. The van der Waals surface area contributed by atoms with Crippen LogP contribution in [0.2, 0.25) is 0 Å². The van der Waals surface area contributed by atoms with Crippen molar-refractivity contribution in [2.24, 2.45) is 0 Å². The highest BCUT2D eigenvalue weighted by Gasteiger charge is 2.13. The second kappa shape index (κ2) is 6.05. The van der Waals surface area contributed by atoms with Crippen molar-refractivity contribution in [3.8, 4) is 5.75 Å². The maximum atomic E-state index is 12.0. The Hall–Kier alpha value is -1.03. The number of hydrogen-bond acceptors (Lipinski definition) is 2. The van der Waals surface area contributed by atoms with Gasteiger partial charge in [0.05, 0.1) is 0 Å². The number of aromatic hydroxyl groups is 1. The van der Waals surface area contributed by atoms with Crippen LogP contribution in [0.15, 0.2) is 18.2 Å². The first-order valence-corrected chi connectivity index (χ1v) is 6.52. The van der Waals surface area contributed by atoms with Crippen molar-refractivity contribution in [3.63, 3.8) is 0 Å². The minimum atomic E-state index is -0.0616. The van der Waals surface area contributed by atoms with Crippen molar-refractivity contribution in [2.45, 2.75) is 25.1 Å². The Kier molecular flexibility index (Phi) is 5.00. The van der Waals surface area contributed by atoms with E-state index in [2.05, 4.69) is 22.9 Å². The molecule has 1 amide bonds. The van der Waals surface area contributed by atoms with Gasteiger partial charge in [0.15, 0.2) is 0 Å². The summed E-state index contributed by atoms with van der Waals surface area (Å²) >= 11 is 3.45. The maximum absolute atomic E-state index is 12.0. The Morgan fingerprint density at radius 1 is 1.53 bits per heavy atom. The molecule has 4 heteroatoms. The van der Waals surface area contributed by atoms with Gasteiger partial charge in [-0.05, 0) is 31.0 Å². The standard InChI is InChI=1S/C13H18BrNO2/c1-9-4-5-11(8-12(9)16)13(17)15(3)7-6-10(2)14/h4-5,8,10,16H,6-7H2,1-3H3. The van der Waals surface area contributed by atoms with Crippen LogP contribution in [0.25, 0.3) is 0 Å². The number of carbonyl (C=O) groups is 1. The molecule has 94 valence electrons. The number of nitrogens with zero attached hydrogens (tertiary/aromatic N) is 1. The van der Waals surface area contributed by atoms with Crippen molar-refractivity contribution < 1.29 is 9.90 Å². The van der Waals surface area contributed by atoms with Crippen molar-refractivity contribution in [1.29, 1.82) is 0 Å². The van der Waals surface area contributed by atoms with E-state index >= 15 is 0 Å². The predicted octanol–water partition coefficient (Wildman–Crippen LogP) is 2.95. The highest BCUT2D eigenvalue weighted by atomic mass is 79.9. The number of aryl methyl sites for hydroxylation is 1. The average molecular weight is 300 g/mol. The maximum Gasteiger partial charge on any atom is 0.253 e. The van der Waals surface area contributed by atoms with Gasteiger partial charge in [0.25, 0.3) is 5.91 Å². The smallest absolute Gasteiger partial charge is 0.253 e. The van der Waals surface area contributed by atoms with E-state index in [1.807, 2.05) is 0 Å². The summed E-state index contributed by atoms with van der Waals surface area (Å²) in [4.78, 5) is 14.1. The molecule has 0 fully saturated rings. The minimum absolute atomic E-state index is 0.0616. The first-order chi connectivity index (χ1) is 7.91. The zero-order chi connectivity index (χ0) is 13.0. The Morgan fingerprint density at radius 2 is 2.18 bits per heavy atom. The van der Waals surface area contributed by atoms with Gasteiger partial charge < -0.3 is 10.0 Å². The number of halogens is 1. The van der Waals surface area contributed by atoms with Crippen molar-refractivity contribution in [3.05, 3.63) is 29.3 Å². The normalized spacial score (nSPS) is 12.2. The van der Waals surface area contributed by atoms with Crippen molar-refractivity contribution in [1.82, 2.24) is 4.90 Å². The first kappa shape index (κ1) is 14.0. The fourth-order valence-corrected chi connectivity index (χ4v) is 1.64. The third-order valence-electron chi connectivity index (χ3n) is 2.67. The van der Waals surface area contributed by atoms with E-state index in [0.29, 0.717) is 16.9 Å². The number of amides is 1. The van der Waals surface area contributed by atoms with E-state index in [1.54, 1.807) is 31.0 Å². The van der Waals surface area contributed by atoms with E-state index in [1.165, 1.54) is 6.07 Å². The summed E-state index contributed by atoms with van der Waals surface area (Å²) in [6, 6.07) is 5.01. The first-order valence-electron chi connectivity index (χ1n) is 5.61. The third kappa shape index (κ3) is 4.04. The van der Waals surface area contributed by atoms with Gasteiger partial charge in [0.2, 0.25) is 0 Å². The molecular formula is C13H18BrNO2. The molecule has 1 aromatic rings. The van der Waals surface area contributed by atoms with Crippen LogP contribution in [0.4, 0.5) is 0 Å². The van der Waals surface area contributed by atoms with Gasteiger partial charge in [-0.1, -0.05) is 28.9 Å². The molecule has 1 rings (SSSR count). The second-order valence-electron chi connectivity index (χ2n) is 4.30. The van der Waals surface area contributed by atoms with E-state index < -0.39 is 0 Å². The van der Waals surface area contributed by atoms with E-state index in [-0.39, 0.29) is 11.7 Å². The highest BCUT2D eigenvalue weighted by Crippen LogP contribution is 2.18. The summed E-state index contributed by atoms with van der Waals surface area (Å²) in [5, 5.41) is 9.57. The number of benzene rings is 1. The summed E-state index contributed by atoms with van der Waals surface area (Å²) in [7, 11) is 1.77. The molecule has 0 aromatic heterocycles. The fourth-order valence-electron chi connectivity index (χ4n) is 1.44. The van der Waals surface area contributed by atoms with Gasteiger partial charge >= 0.3 is 0 Å². The van der Waals surface area contributed by atoms with Crippen LogP contribution in [-0.2, 0) is 0 Å². The molecule has 0 aliphatic heterocycles. The molecule has 0 radical (unpaired) electrons. The molecule has 0 spiro atoms. The van der Waals surface area contributed by atoms with Crippen LogP contribution in [0, 0.1) is 6.92 Å². The zero-order valence-electron chi connectivity index (χ0n) is 10.4. The van der Waals surface area contributed by atoms with Gasteiger partial charge in [0.1, 0.15) is 5.75 Å². The van der Waals surface area contributed by atoms with Crippen LogP contribution >= 0.6 is 15.9 Å². The number of phenols is 1. The number of alkyl halides is 1. The summed E-state index contributed by atoms with van der Waals surface area (Å²) < 4.78 is 0. The number of phenolic OH excluding ortho intramolecular Hbond substituents is 1. The third-order valence-corrected chi connectivity index (χ3v) is 3.12. The minimum Gasteiger partial charge on any atom is -0.508 e.